The SMILES string of the molecule is COc1ccc([C@@H](CNC(=S)Nc2cccc(Br)c2)N(C)C)cc1. The number of thiocarbonyl (C=S) groups is 1. The molecule has 0 aromatic heterocycles. The molecule has 0 saturated carbocycles. The lowest BCUT2D eigenvalue weighted by Crippen LogP contribution is -2.36. The predicted molar refractivity (Wildman–Crippen MR) is 108 cm³/mol. The molecule has 0 saturated heterocycles. The molecular formula is C18H22BrN3OS. The van der Waals surface area contributed by atoms with E-state index in [0.29, 0.717) is 11.7 Å². The molecule has 6 heteroatoms. The lowest BCUT2D eigenvalue weighted by Gasteiger charge is -2.26. The Bertz CT molecular complexity index is 676. The Labute approximate surface area is 157 Å². The molecular weight excluding hydrogens is 386 g/mol. The third-order valence-electron chi connectivity index (χ3n) is 3.66. The number of halogens is 1. The predicted octanol–water partition coefficient (Wildman–Crippen LogP) is 4.05. The number of ether oxygens (including phenoxy) is 1. The molecule has 0 amide bonds. The first-order chi connectivity index (χ1) is 11.5. The van der Waals surface area contributed by atoms with Crippen LogP contribution in [-0.2, 0) is 0 Å². The molecule has 2 rings (SSSR count). The molecule has 0 fully saturated rings. The zero-order valence-electron chi connectivity index (χ0n) is 14.0. The van der Waals surface area contributed by atoms with Gasteiger partial charge in [-0.15, -0.1) is 0 Å². The zero-order chi connectivity index (χ0) is 17.5. The molecule has 0 unspecified atom stereocenters. The summed E-state index contributed by atoms with van der Waals surface area (Å²) in [6.45, 7) is 0.708. The third-order valence-corrected chi connectivity index (χ3v) is 4.40. The van der Waals surface area contributed by atoms with Crippen molar-refractivity contribution in [3.63, 3.8) is 0 Å². The highest BCUT2D eigenvalue weighted by atomic mass is 79.9. The van der Waals surface area contributed by atoms with Gasteiger partial charge in [-0.25, -0.2) is 0 Å². The molecule has 2 aromatic rings. The van der Waals surface area contributed by atoms with Crippen LogP contribution in [0.4, 0.5) is 5.69 Å². The van der Waals surface area contributed by atoms with Crippen molar-refractivity contribution >= 4 is 38.9 Å². The van der Waals surface area contributed by atoms with Gasteiger partial charge in [0.2, 0.25) is 0 Å². The first-order valence-electron chi connectivity index (χ1n) is 7.60. The van der Waals surface area contributed by atoms with E-state index in [4.69, 9.17) is 17.0 Å². The third kappa shape index (κ3) is 5.47. The van der Waals surface area contributed by atoms with E-state index in [9.17, 15) is 0 Å². The number of nitrogens with one attached hydrogen (secondary N) is 2. The van der Waals surface area contributed by atoms with Gasteiger partial charge in [0.25, 0.3) is 0 Å². The second-order valence-corrected chi connectivity index (χ2v) is 6.92. The van der Waals surface area contributed by atoms with Crippen LogP contribution in [0.25, 0.3) is 0 Å². The van der Waals surface area contributed by atoms with Crippen LogP contribution >= 0.6 is 28.1 Å². The molecule has 0 heterocycles. The number of rotatable bonds is 6. The number of anilines is 1. The van der Waals surface area contributed by atoms with E-state index in [1.807, 2.05) is 36.4 Å². The molecule has 24 heavy (non-hydrogen) atoms. The van der Waals surface area contributed by atoms with Crippen molar-refractivity contribution < 1.29 is 4.74 Å². The van der Waals surface area contributed by atoms with Crippen LogP contribution < -0.4 is 15.4 Å². The van der Waals surface area contributed by atoms with Crippen LogP contribution in [0.3, 0.4) is 0 Å². The van der Waals surface area contributed by atoms with Gasteiger partial charge in [-0.1, -0.05) is 34.1 Å². The van der Waals surface area contributed by atoms with E-state index in [1.54, 1.807) is 7.11 Å². The second-order valence-electron chi connectivity index (χ2n) is 5.60. The van der Waals surface area contributed by atoms with E-state index in [1.165, 1.54) is 5.56 Å². The van der Waals surface area contributed by atoms with Gasteiger partial charge in [0, 0.05) is 16.7 Å². The van der Waals surface area contributed by atoms with E-state index < -0.39 is 0 Å². The highest BCUT2D eigenvalue weighted by molar-refractivity contribution is 9.10. The maximum Gasteiger partial charge on any atom is 0.170 e. The Kier molecular flexibility index (Phi) is 7.02. The van der Waals surface area contributed by atoms with Crippen LogP contribution in [0.1, 0.15) is 11.6 Å². The van der Waals surface area contributed by atoms with Crippen molar-refractivity contribution in [3.05, 3.63) is 58.6 Å². The lowest BCUT2D eigenvalue weighted by atomic mass is 10.1. The Morgan fingerprint density at radius 3 is 2.50 bits per heavy atom. The molecule has 0 aliphatic carbocycles. The fraction of sp³-hybridized carbons (Fsp3) is 0.278. The van der Waals surface area contributed by atoms with Crippen molar-refractivity contribution in [2.45, 2.75) is 6.04 Å². The van der Waals surface area contributed by atoms with Gasteiger partial charge >= 0.3 is 0 Å². The standard InChI is InChI=1S/C18H22BrN3OS/c1-22(2)17(13-7-9-16(23-3)10-8-13)12-20-18(24)21-15-6-4-5-14(19)11-15/h4-11,17H,12H2,1-3H3,(H2,20,21,24)/t17-/m1/s1. The second kappa shape index (κ2) is 9.01. The first-order valence-corrected chi connectivity index (χ1v) is 8.80. The maximum atomic E-state index is 5.40. The van der Waals surface area contributed by atoms with Gasteiger partial charge in [0.05, 0.1) is 13.2 Å². The molecule has 4 nitrogen and oxygen atoms in total. The van der Waals surface area contributed by atoms with Crippen molar-refractivity contribution in [1.29, 1.82) is 0 Å². The topological polar surface area (TPSA) is 36.5 Å². The smallest absolute Gasteiger partial charge is 0.170 e. The highest BCUT2D eigenvalue weighted by Crippen LogP contribution is 2.21. The summed E-state index contributed by atoms with van der Waals surface area (Å²) in [6, 6.07) is 16.2. The number of methoxy groups -OCH3 is 1. The first kappa shape index (κ1) is 18.7. The van der Waals surface area contributed by atoms with E-state index >= 15 is 0 Å². The largest absolute Gasteiger partial charge is 0.497 e. The number of benzene rings is 2. The van der Waals surface area contributed by atoms with Crippen LogP contribution in [-0.4, -0.2) is 37.8 Å². The summed E-state index contributed by atoms with van der Waals surface area (Å²) in [5.74, 6) is 0.857. The average Bonchev–Trinajstić information content (AvgIpc) is 2.55. The molecule has 1 atom stereocenters. The van der Waals surface area contributed by atoms with E-state index in [-0.39, 0.29) is 6.04 Å². The molecule has 0 aliphatic rings. The van der Waals surface area contributed by atoms with Gasteiger partial charge in [-0.05, 0) is 62.2 Å². The monoisotopic (exact) mass is 407 g/mol. The number of hydrogen-bond acceptors (Lipinski definition) is 3. The Morgan fingerprint density at radius 2 is 1.92 bits per heavy atom. The molecule has 0 aliphatic heterocycles. The Balaban J connectivity index is 1.96. The van der Waals surface area contributed by atoms with Crippen LogP contribution in [0, 0.1) is 0 Å². The summed E-state index contributed by atoms with van der Waals surface area (Å²) in [5, 5.41) is 7.09. The highest BCUT2D eigenvalue weighted by Gasteiger charge is 2.14. The molecule has 0 bridgehead atoms. The van der Waals surface area contributed by atoms with Crippen molar-refractivity contribution in [2.75, 3.05) is 33.1 Å². The van der Waals surface area contributed by atoms with Gasteiger partial charge in [0.1, 0.15) is 5.75 Å². The van der Waals surface area contributed by atoms with E-state index in [2.05, 4.69) is 57.7 Å². The fourth-order valence-corrected chi connectivity index (χ4v) is 2.96. The average molecular weight is 408 g/mol. The molecule has 2 N–H and O–H groups in total. The summed E-state index contributed by atoms with van der Waals surface area (Å²) >= 11 is 8.85. The quantitative estimate of drug-likeness (QED) is 0.706. The molecule has 0 radical (unpaired) electrons. The van der Waals surface area contributed by atoms with Crippen molar-refractivity contribution in [1.82, 2.24) is 10.2 Å². The minimum absolute atomic E-state index is 0.207. The van der Waals surface area contributed by atoms with Crippen molar-refractivity contribution in [2.24, 2.45) is 0 Å². The Morgan fingerprint density at radius 1 is 1.21 bits per heavy atom. The molecule has 0 spiro atoms. The summed E-state index contributed by atoms with van der Waals surface area (Å²) < 4.78 is 6.23. The minimum Gasteiger partial charge on any atom is -0.497 e. The van der Waals surface area contributed by atoms with Gasteiger partial charge < -0.3 is 20.3 Å². The van der Waals surface area contributed by atoms with Crippen LogP contribution in [0.5, 0.6) is 5.75 Å². The number of hydrogen-bond donors (Lipinski definition) is 2. The summed E-state index contributed by atoms with van der Waals surface area (Å²) in [6.07, 6.45) is 0. The summed E-state index contributed by atoms with van der Waals surface area (Å²) in [4.78, 5) is 2.16. The van der Waals surface area contributed by atoms with Gasteiger partial charge in [-0.3, -0.25) is 0 Å². The summed E-state index contributed by atoms with van der Waals surface area (Å²) in [7, 11) is 5.79. The van der Waals surface area contributed by atoms with Crippen molar-refractivity contribution in [3.8, 4) is 5.75 Å². The fourth-order valence-electron chi connectivity index (χ4n) is 2.36. The minimum atomic E-state index is 0.207. The number of nitrogens with zero attached hydrogens (tertiary/aromatic N) is 1. The normalized spacial score (nSPS) is 11.9. The van der Waals surface area contributed by atoms with Crippen LogP contribution in [0.2, 0.25) is 0 Å². The van der Waals surface area contributed by atoms with Gasteiger partial charge in [-0.2, -0.15) is 0 Å². The van der Waals surface area contributed by atoms with Gasteiger partial charge in [0.15, 0.2) is 5.11 Å². The lowest BCUT2D eigenvalue weighted by molar-refractivity contribution is 0.299. The van der Waals surface area contributed by atoms with E-state index in [0.717, 1.165) is 15.9 Å². The molecule has 2 aromatic carbocycles. The number of likely N-dealkylation sites (N-methyl/N-ethyl adjacent to an activating group) is 1. The van der Waals surface area contributed by atoms with Crippen LogP contribution in [0.15, 0.2) is 53.0 Å². The molecule has 128 valence electrons. The summed E-state index contributed by atoms with van der Waals surface area (Å²) in [5.41, 5.74) is 2.16. The maximum absolute atomic E-state index is 5.40. The Hall–Kier alpha value is -1.63. The zero-order valence-corrected chi connectivity index (χ0v) is 16.4.